The molecular weight excluding hydrogens is 284 g/mol. The van der Waals surface area contributed by atoms with Crippen LogP contribution >= 0.6 is 0 Å². The van der Waals surface area contributed by atoms with Crippen LogP contribution in [0.2, 0.25) is 0 Å². The van der Waals surface area contributed by atoms with E-state index < -0.39 is 6.61 Å². The maximum atomic E-state index is 12.2. The predicted octanol–water partition coefficient (Wildman–Crippen LogP) is 2.34. The molecule has 5 nitrogen and oxygen atoms in total. The van der Waals surface area contributed by atoms with Crippen molar-refractivity contribution in [2.75, 3.05) is 20.3 Å². The number of carbonyl (C=O) groups is 1. The molecule has 0 atom stereocenters. The Kier molecular flexibility index (Phi) is 7.45. The fraction of sp³-hybridized carbons (Fsp3) is 0.500. The molecule has 0 bridgehead atoms. The molecule has 0 aliphatic heterocycles. The second kappa shape index (κ2) is 9.12. The zero-order valence-corrected chi connectivity index (χ0v) is 12.0. The topological polar surface area (TPSA) is 56.8 Å². The molecular formula is C14H19F2NO4. The van der Waals surface area contributed by atoms with Crippen molar-refractivity contribution >= 4 is 5.97 Å². The molecule has 0 spiro atoms. The number of ether oxygens (including phenoxy) is 3. The Balaban J connectivity index is 2.47. The highest BCUT2D eigenvalue weighted by Crippen LogP contribution is 2.29. The molecule has 0 fully saturated rings. The number of halogens is 2. The summed E-state index contributed by atoms with van der Waals surface area (Å²) in [7, 11) is 1.38. The third-order valence-electron chi connectivity index (χ3n) is 2.58. The Morgan fingerprint density at radius 2 is 2.10 bits per heavy atom. The molecule has 0 saturated heterocycles. The van der Waals surface area contributed by atoms with E-state index in [0.717, 1.165) is 5.56 Å². The first-order valence-corrected chi connectivity index (χ1v) is 6.54. The van der Waals surface area contributed by atoms with Crippen molar-refractivity contribution in [3.05, 3.63) is 23.8 Å². The lowest BCUT2D eigenvalue weighted by atomic mass is 10.2. The molecule has 0 aliphatic carbocycles. The van der Waals surface area contributed by atoms with E-state index in [0.29, 0.717) is 19.7 Å². The van der Waals surface area contributed by atoms with Crippen LogP contribution in [0.5, 0.6) is 11.5 Å². The van der Waals surface area contributed by atoms with Gasteiger partial charge in [-0.15, -0.1) is 0 Å². The summed E-state index contributed by atoms with van der Waals surface area (Å²) < 4.78 is 38.5. The minimum Gasteiger partial charge on any atom is -0.493 e. The summed E-state index contributed by atoms with van der Waals surface area (Å²) in [6.45, 7) is 0.163. The molecule has 1 rings (SSSR count). The molecule has 0 saturated carbocycles. The van der Waals surface area contributed by atoms with Gasteiger partial charge in [-0.1, -0.05) is 6.07 Å². The van der Waals surface area contributed by atoms with Gasteiger partial charge in [-0.25, -0.2) is 0 Å². The van der Waals surface area contributed by atoms with Crippen molar-refractivity contribution in [3.8, 4) is 11.5 Å². The molecule has 1 N–H and O–H groups in total. The number of alkyl halides is 2. The number of rotatable bonds is 9. The Labute approximate surface area is 122 Å². The van der Waals surface area contributed by atoms with Gasteiger partial charge in [0, 0.05) is 13.1 Å². The predicted molar refractivity (Wildman–Crippen MR) is 72.6 cm³/mol. The zero-order valence-electron chi connectivity index (χ0n) is 12.0. The molecule has 21 heavy (non-hydrogen) atoms. The number of methoxy groups -OCH3 is 1. The van der Waals surface area contributed by atoms with E-state index in [4.69, 9.17) is 9.47 Å². The van der Waals surface area contributed by atoms with Gasteiger partial charge in [0.15, 0.2) is 11.5 Å². The lowest BCUT2D eigenvalue weighted by molar-refractivity contribution is -0.142. The Hall–Kier alpha value is -1.89. The minimum atomic E-state index is -2.90. The average Bonchev–Trinajstić information content (AvgIpc) is 2.44. The van der Waals surface area contributed by atoms with Gasteiger partial charge in [0.1, 0.15) is 0 Å². The molecule has 0 aliphatic rings. The number of esters is 1. The first kappa shape index (κ1) is 17.2. The molecule has 0 aromatic heterocycles. The first-order chi connectivity index (χ1) is 10.1. The molecule has 118 valence electrons. The Morgan fingerprint density at radius 1 is 1.33 bits per heavy atom. The third kappa shape index (κ3) is 6.40. The van der Waals surface area contributed by atoms with Crippen LogP contribution in [0.3, 0.4) is 0 Å². The van der Waals surface area contributed by atoms with Gasteiger partial charge in [0.25, 0.3) is 0 Å². The monoisotopic (exact) mass is 303 g/mol. The largest absolute Gasteiger partial charge is 0.493 e. The summed E-state index contributed by atoms with van der Waals surface area (Å²) in [5.74, 6) is -0.0361. The van der Waals surface area contributed by atoms with Crippen LogP contribution in [-0.4, -0.2) is 32.8 Å². The summed E-state index contributed by atoms with van der Waals surface area (Å²) in [6.07, 6.45) is 0.275. The number of hydrogen-bond donors (Lipinski definition) is 1. The van der Waals surface area contributed by atoms with Crippen molar-refractivity contribution < 1.29 is 27.8 Å². The lowest BCUT2D eigenvalue weighted by Gasteiger charge is -2.11. The summed E-state index contributed by atoms with van der Waals surface area (Å²) in [5, 5.41) is 3.06. The van der Waals surface area contributed by atoms with Crippen molar-refractivity contribution in [1.82, 2.24) is 5.32 Å². The molecule has 0 amide bonds. The van der Waals surface area contributed by atoms with Gasteiger partial charge < -0.3 is 19.5 Å². The van der Waals surface area contributed by atoms with E-state index in [1.807, 2.05) is 0 Å². The van der Waals surface area contributed by atoms with Gasteiger partial charge in [-0.3, -0.25) is 4.79 Å². The number of nitrogens with one attached hydrogen (secondary N) is 1. The van der Waals surface area contributed by atoms with E-state index in [1.165, 1.54) is 13.2 Å². The minimum absolute atomic E-state index is 0.0113. The van der Waals surface area contributed by atoms with Crippen molar-refractivity contribution in [2.45, 2.75) is 26.5 Å². The van der Waals surface area contributed by atoms with E-state index in [9.17, 15) is 13.6 Å². The highest BCUT2D eigenvalue weighted by atomic mass is 19.3. The fourth-order valence-electron chi connectivity index (χ4n) is 1.67. The quantitative estimate of drug-likeness (QED) is 0.560. The molecule has 1 aromatic carbocycles. The van der Waals surface area contributed by atoms with Crippen LogP contribution in [0.1, 0.15) is 18.9 Å². The number of benzene rings is 1. The smallest absolute Gasteiger partial charge is 0.387 e. The summed E-state index contributed by atoms with van der Waals surface area (Å²) in [4.78, 5) is 11.1. The summed E-state index contributed by atoms with van der Waals surface area (Å²) >= 11 is 0. The summed E-state index contributed by atoms with van der Waals surface area (Å²) in [6, 6.07) is 4.68. The first-order valence-electron chi connectivity index (χ1n) is 6.54. The maximum Gasteiger partial charge on any atom is 0.387 e. The molecule has 7 heteroatoms. The second-order valence-electron chi connectivity index (χ2n) is 4.10. The van der Waals surface area contributed by atoms with Crippen LogP contribution in [-0.2, 0) is 16.1 Å². The molecule has 0 heterocycles. The van der Waals surface area contributed by atoms with E-state index in [1.54, 1.807) is 19.1 Å². The molecule has 0 radical (unpaired) electrons. The second-order valence-corrected chi connectivity index (χ2v) is 4.10. The Morgan fingerprint density at radius 3 is 2.71 bits per heavy atom. The third-order valence-corrected chi connectivity index (χ3v) is 2.58. The summed E-state index contributed by atoms with van der Waals surface area (Å²) in [5.41, 5.74) is 0.831. The normalized spacial score (nSPS) is 10.5. The number of carbonyl (C=O) groups excluding carboxylic acids is 1. The SMILES string of the molecule is CCOC(=O)CCNCc1ccc(OC(F)F)c(OC)c1. The van der Waals surface area contributed by atoms with Gasteiger partial charge in [0.05, 0.1) is 20.1 Å². The zero-order chi connectivity index (χ0) is 15.7. The van der Waals surface area contributed by atoms with Crippen LogP contribution in [0, 0.1) is 0 Å². The van der Waals surface area contributed by atoms with Gasteiger partial charge in [0.2, 0.25) is 0 Å². The van der Waals surface area contributed by atoms with Crippen molar-refractivity contribution in [3.63, 3.8) is 0 Å². The number of hydrogen-bond acceptors (Lipinski definition) is 5. The van der Waals surface area contributed by atoms with E-state index in [2.05, 4.69) is 10.1 Å². The van der Waals surface area contributed by atoms with Crippen LogP contribution in [0.25, 0.3) is 0 Å². The Bertz CT molecular complexity index is 455. The van der Waals surface area contributed by atoms with Crippen LogP contribution in [0.4, 0.5) is 8.78 Å². The van der Waals surface area contributed by atoms with Gasteiger partial charge in [-0.05, 0) is 24.6 Å². The van der Waals surface area contributed by atoms with Crippen molar-refractivity contribution in [2.24, 2.45) is 0 Å². The van der Waals surface area contributed by atoms with E-state index in [-0.39, 0.29) is 23.9 Å². The van der Waals surface area contributed by atoms with Gasteiger partial charge >= 0.3 is 12.6 Å². The van der Waals surface area contributed by atoms with Crippen LogP contribution < -0.4 is 14.8 Å². The van der Waals surface area contributed by atoms with Crippen molar-refractivity contribution in [1.29, 1.82) is 0 Å². The highest BCUT2D eigenvalue weighted by Gasteiger charge is 2.11. The maximum absolute atomic E-state index is 12.2. The van der Waals surface area contributed by atoms with Crippen LogP contribution in [0.15, 0.2) is 18.2 Å². The van der Waals surface area contributed by atoms with E-state index >= 15 is 0 Å². The standard InChI is InChI=1S/C14H19F2NO4/c1-3-20-13(18)6-7-17-9-10-4-5-11(21-14(15)16)12(8-10)19-2/h4-5,8,14,17H,3,6-7,9H2,1-2H3. The molecule has 0 unspecified atom stereocenters. The fourth-order valence-corrected chi connectivity index (χ4v) is 1.67. The van der Waals surface area contributed by atoms with Gasteiger partial charge in [-0.2, -0.15) is 8.78 Å². The lowest BCUT2D eigenvalue weighted by Crippen LogP contribution is -2.19. The average molecular weight is 303 g/mol. The molecule has 1 aromatic rings. The highest BCUT2D eigenvalue weighted by molar-refractivity contribution is 5.69.